The molecule has 0 aromatic heterocycles. The van der Waals surface area contributed by atoms with Crippen LogP contribution in [0.25, 0.3) is 0 Å². The summed E-state index contributed by atoms with van der Waals surface area (Å²) in [7, 11) is 0. The number of hydrogen-bond donors (Lipinski definition) is 1. The molecular formula is C16H16BrCl2NO. The third-order valence-electron chi connectivity index (χ3n) is 3.03. The largest absolute Gasteiger partial charge is 0.488 e. The van der Waals surface area contributed by atoms with E-state index in [0.717, 1.165) is 27.9 Å². The second-order valence-corrected chi connectivity index (χ2v) is 6.25. The van der Waals surface area contributed by atoms with Crippen LogP contribution in [0.15, 0.2) is 40.9 Å². The highest BCUT2D eigenvalue weighted by Crippen LogP contribution is 2.28. The minimum Gasteiger partial charge on any atom is -0.488 e. The van der Waals surface area contributed by atoms with Crippen molar-refractivity contribution in [3.63, 3.8) is 0 Å². The van der Waals surface area contributed by atoms with Gasteiger partial charge in [0.05, 0.1) is 0 Å². The van der Waals surface area contributed by atoms with Crippen LogP contribution >= 0.6 is 39.1 Å². The molecule has 2 rings (SSSR count). The van der Waals surface area contributed by atoms with Gasteiger partial charge in [-0.3, -0.25) is 0 Å². The molecule has 0 radical (unpaired) electrons. The summed E-state index contributed by atoms with van der Waals surface area (Å²) < 4.78 is 6.85. The maximum atomic E-state index is 6.25. The predicted octanol–water partition coefficient (Wildman–Crippen LogP) is 5.44. The Balaban J connectivity index is 2.14. The van der Waals surface area contributed by atoms with E-state index in [4.69, 9.17) is 27.9 Å². The summed E-state index contributed by atoms with van der Waals surface area (Å²) in [6, 6.07) is 11.4. The Hall–Kier alpha value is -0.740. The van der Waals surface area contributed by atoms with E-state index in [-0.39, 0.29) is 0 Å². The zero-order chi connectivity index (χ0) is 15.2. The molecule has 0 unspecified atom stereocenters. The molecule has 0 fully saturated rings. The van der Waals surface area contributed by atoms with Crippen molar-refractivity contribution in [2.24, 2.45) is 0 Å². The first kappa shape index (κ1) is 16.6. The van der Waals surface area contributed by atoms with E-state index >= 15 is 0 Å². The number of benzene rings is 2. The van der Waals surface area contributed by atoms with E-state index in [9.17, 15) is 0 Å². The fourth-order valence-electron chi connectivity index (χ4n) is 1.89. The highest BCUT2D eigenvalue weighted by atomic mass is 79.9. The van der Waals surface area contributed by atoms with Gasteiger partial charge in [-0.25, -0.2) is 0 Å². The Labute approximate surface area is 143 Å². The topological polar surface area (TPSA) is 21.3 Å². The van der Waals surface area contributed by atoms with E-state index in [1.54, 1.807) is 0 Å². The molecule has 0 spiro atoms. The molecule has 0 heterocycles. The zero-order valence-corrected chi connectivity index (χ0v) is 14.7. The highest BCUT2D eigenvalue weighted by molar-refractivity contribution is 9.10. The standard InChI is InChI=1S/C16H16BrCl2NO/c1-2-20-9-13-14(18)4-3-5-16(13)21-10-11-6-7-12(17)8-15(11)19/h3-8,20H,2,9-10H2,1H3. The fourth-order valence-corrected chi connectivity index (χ4v) is 2.85. The molecule has 1 N–H and O–H groups in total. The number of rotatable bonds is 6. The summed E-state index contributed by atoms with van der Waals surface area (Å²) >= 11 is 15.8. The minimum absolute atomic E-state index is 0.408. The van der Waals surface area contributed by atoms with Gasteiger partial charge < -0.3 is 10.1 Å². The average Bonchev–Trinajstić information content (AvgIpc) is 2.45. The second-order valence-electron chi connectivity index (χ2n) is 4.52. The van der Waals surface area contributed by atoms with Gasteiger partial charge in [-0.05, 0) is 30.8 Å². The minimum atomic E-state index is 0.408. The van der Waals surface area contributed by atoms with Crippen molar-refractivity contribution in [3.05, 3.63) is 62.0 Å². The van der Waals surface area contributed by atoms with Crippen LogP contribution in [-0.4, -0.2) is 6.54 Å². The second kappa shape index (κ2) is 8.04. The summed E-state index contributed by atoms with van der Waals surface area (Å²) in [5.41, 5.74) is 1.91. The van der Waals surface area contributed by atoms with Gasteiger partial charge in [-0.15, -0.1) is 0 Å². The molecule has 0 atom stereocenters. The maximum Gasteiger partial charge on any atom is 0.125 e. The molecule has 0 aliphatic heterocycles. The average molecular weight is 389 g/mol. The molecule has 0 aliphatic carbocycles. The first-order valence-corrected chi connectivity index (χ1v) is 8.21. The van der Waals surface area contributed by atoms with Gasteiger partial charge in [0, 0.05) is 32.2 Å². The zero-order valence-electron chi connectivity index (χ0n) is 11.6. The van der Waals surface area contributed by atoms with Crippen LogP contribution in [0.2, 0.25) is 10.0 Å². The molecule has 21 heavy (non-hydrogen) atoms. The number of halogens is 3. The van der Waals surface area contributed by atoms with E-state index in [1.807, 2.05) is 36.4 Å². The fraction of sp³-hybridized carbons (Fsp3) is 0.250. The molecule has 2 aromatic carbocycles. The normalized spacial score (nSPS) is 10.7. The van der Waals surface area contributed by atoms with Crippen molar-refractivity contribution in [1.82, 2.24) is 5.32 Å². The first-order chi connectivity index (χ1) is 10.1. The van der Waals surface area contributed by atoms with Crippen LogP contribution in [0.1, 0.15) is 18.1 Å². The van der Waals surface area contributed by atoms with E-state index < -0.39 is 0 Å². The molecule has 0 bridgehead atoms. The van der Waals surface area contributed by atoms with Gasteiger partial charge in [-0.2, -0.15) is 0 Å². The summed E-state index contributed by atoms with van der Waals surface area (Å²) in [6.07, 6.45) is 0. The molecular weight excluding hydrogens is 373 g/mol. The monoisotopic (exact) mass is 387 g/mol. The summed E-state index contributed by atoms with van der Waals surface area (Å²) in [5.74, 6) is 0.780. The molecule has 2 aromatic rings. The van der Waals surface area contributed by atoms with E-state index in [2.05, 4.69) is 28.2 Å². The van der Waals surface area contributed by atoms with Gasteiger partial charge in [-0.1, -0.05) is 58.2 Å². The Morgan fingerprint density at radius 3 is 2.67 bits per heavy atom. The maximum absolute atomic E-state index is 6.25. The van der Waals surface area contributed by atoms with Crippen LogP contribution in [-0.2, 0) is 13.2 Å². The Bertz CT molecular complexity index is 619. The van der Waals surface area contributed by atoms with Gasteiger partial charge in [0.15, 0.2) is 0 Å². The van der Waals surface area contributed by atoms with Crippen molar-refractivity contribution in [2.45, 2.75) is 20.1 Å². The third-order valence-corrected chi connectivity index (χ3v) is 4.23. The summed E-state index contributed by atoms with van der Waals surface area (Å²) in [4.78, 5) is 0. The lowest BCUT2D eigenvalue weighted by Gasteiger charge is -2.14. The Morgan fingerprint density at radius 1 is 1.14 bits per heavy atom. The first-order valence-electron chi connectivity index (χ1n) is 6.66. The Kier molecular flexibility index (Phi) is 6.37. The molecule has 0 saturated carbocycles. The number of nitrogens with one attached hydrogen (secondary N) is 1. The van der Waals surface area contributed by atoms with Crippen molar-refractivity contribution < 1.29 is 4.74 Å². The highest BCUT2D eigenvalue weighted by Gasteiger charge is 2.09. The smallest absolute Gasteiger partial charge is 0.125 e. The molecule has 0 saturated heterocycles. The lowest BCUT2D eigenvalue weighted by Crippen LogP contribution is -2.13. The SMILES string of the molecule is CCNCc1c(Cl)cccc1OCc1ccc(Br)cc1Cl. The lowest BCUT2D eigenvalue weighted by molar-refractivity contribution is 0.302. The van der Waals surface area contributed by atoms with Crippen molar-refractivity contribution >= 4 is 39.1 Å². The van der Waals surface area contributed by atoms with Crippen LogP contribution in [0, 0.1) is 0 Å². The van der Waals surface area contributed by atoms with Crippen LogP contribution in [0.4, 0.5) is 0 Å². The van der Waals surface area contributed by atoms with Crippen molar-refractivity contribution in [3.8, 4) is 5.75 Å². The van der Waals surface area contributed by atoms with E-state index in [0.29, 0.717) is 23.2 Å². The van der Waals surface area contributed by atoms with Crippen molar-refractivity contribution in [2.75, 3.05) is 6.54 Å². The van der Waals surface area contributed by atoms with Gasteiger partial charge >= 0.3 is 0 Å². The molecule has 0 aliphatic rings. The lowest BCUT2D eigenvalue weighted by atomic mass is 10.2. The third kappa shape index (κ3) is 4.62. The van der Waals surface area contributed by atoms with Crippen molar-refractivity contribution in [1.29, 1.82) is 0 Å². The van der Waals surface area contributed by atoms with E-state index in [1.165, 1.54) is 0 Å². The predicted molar refractivity (Wildman–Crippen MR) is 92.3 cm³/mol. The summed E-state index contributed by atoms with van der Waals surface area (Å²) in [6.45, 7) is 4.02. The van der Waals surface area contributed by atoms with Crippen LogP contribution in [0.5, 0.6) is 5.75 Å². The van der Waals surface area contributed by atoms with Gasteiger partial charge in [0.2, 0.25) is 0 Å². The van der Waals surface area contributed by atoms with Crippen LogP contribution in [0.3, 0.4) is 0 Å². The summed E-state index contributed by atoms with van der Waals surface area (Å²) in [5, 5.41) is 4.65. The molecule has 2 nitrogen and oxygen atoms in total. The number of hydrogen-bond acceptors (Lipinski definition) is 2. The quantitative estimate of drug-likeness (QED) is 0.710. The Morgan fingerprint density at radius 2 is 1.95 bits per heavy atom. The molecule has 112 valence electrons. The van der Waals surface area contributed by atoms with Gasteiger partial charge in [0.1, 0.15) is 12.4 Å². The molecule has 5 heteroatoms. The molecule has 0 amide bonds. The van der Waals surface area contributed by atoms with Crippen LogP contribution < -0.4 is 10.1 Å². The number of ether oxygens (including phenoxy) is 1. The van der Waals surface area contributed by atoms with Gasteiger partial charge in [0.25, 0.3) is 0 Å².